The van der Waals surface area contributed by atoms with Gasteiger partial charge < -0.3 is 35.8 Å². The van der Waals surface area contributed by atoms with Crippen molar-refractivity contribution in [3.05, 3.63) is 108 Å². The number of aliphatic hydroxyl groups is 1. The molecular weight excluding hydrogens is 688 g/mol. The normalized spacial score (nSPS) is 14.1. The molecule has 3 rings (SSSR count). The molecule has 0 aliphatic rings. The van der Waals surface area contributed by atoms with Crippen LogP contribution in [-0.2, 0) is 52.7 Å². The van der Waals surface area contributed by atoms with E-state index in [1.807, 2.05) is 105 Å². The van der Waals surface area contributed by atoms with Gasteiger partial charge in [0.05, 0.1) is 26.2 Å². The lowest BCUT2D eigenvalue weighted by molar-refractivity contribution is -0.154. The summed E-state index contributed by atoms with van der Waals surface area (Å²) < 4.78 is 10.4. The summed E-state index contributed by atoms with van der Waals surface area (Å²) in [7, 11) is 1.24. The average Bonchev–Trinajstić information content (AvgIpc) is 3.12. The molecule has 0 saturated heterocycles. The monoisotopic (exact) mass is 744 g/mol. The highest BCUT2D eigenvalue weighted by molar-refractivity contribution is 5.93. The van der Waals surface area contributed by atoms with Crippen molar-refractivity contribution < 1.29 is 38.6 Å². The van der Waals surface area contributed by atoms with Crippen LogP contribution in [0.1, 0.15) is 64.2 Å². The van der Waals surface area contributed by atoms with E-state index in [1.54, 1.807) is 20.8 Å². The van der Waals surface area contributed by atoms with Crippen molar-refractivity contribution in [1.82, 2.24) is 21.3 Å². The van der Waals surface area contributed by atoms with Gasteiger partial charge in [0, 0.05) is 18.9 Å². The number of hydrogen-bond donors (Lipinski definition) is 5. The van der Waals surface area contributed by atoms with E-state index in [2.05, 4.69) is 21.3 Å². The molecule has 54 heavy (non-hydrogen) atoms. The molecule has 12 nitrogen and oxygen atoms in total. The lowest BCUT2D eigenvalue weighted by Gasteiger charge is -2.27. The summed E-state index contributed by atoms with van der Waals surface area (Å²) in [5, 5.41) is 22.7. The van der Waals surface area contributed by atoms with E-state index in [0.717, 1.165) is 16.7 Å². The van der Waals surface area contributed by atoms with Gasteiger partial charge in [0.1, 0.15) is 23.7 Å². The molecule has 5 atom stereocenters. The Labute approximate surface area is 318 Å². The van der Waals surface area contributed by atoms with Crippen LogP contribution in [0.4, 0.5) is 0 Å². The fraction of sp³-hybridized carbons (Fsp3) is 0.452. The molecule has 0 aliphatic heterocycles. The summed E-state index contributed by atoms with van der Waals surface area (Å²) in [4.78, 5) is 66.4. The first-order valence-electron chi connectivity index (χ1n) is 18.4. The SMILES string of the molecule is COC(=O)[C@H](Cc1ccccc1)NC(=O)[C@H](CC(C)C)NC(=O)C(Cc1ccccc1)NC(=O)CC(O)C(Cc1ccccc1)NCC(=O)OC(C)(C)C. The Balaban J connectivity index is 1.78. The lowest BCUT2D eigenvalue weighted by Crippen LogP contribution is -2.57. The van der Waals surface area contributed by atoms with Gasteiger partial charge in [-0.1, -0.05) is 105 Å². The van der Waals surface area contributed by atoms with Gasteiger partial charge in [-0.2, -0.15) is 0 Å². The fourth-order valence-electron chi connectivity index (χ4n) is 5.88. The van der Waals surface area contributed by atoms with Gasteiger partial charge in [-0.25, -0.2) is 4.79 Å². The van der Waals surface area contributed by atoms with Crippen LogP contribution >= 0.6 is 0 Å². The van der Waals surface area contributed by atoms with Crippen molar-refractivity contribution in [3.63, 3.8) is 0 Å². The minimum Gasteiger partial charge on any atom is -0.467 e. The smallest absolute Gasteiger partial charge is 0.328 e. The molecule has 3 aromatic carbocycles. The Morgan fingerprint density at radius 1 is 0.667 bits per heavy atom. The molecule has 0 heterocycles. The minimum absolute atomic E-state index is 0.0150. The van der Waals surface area contributed by atoms with Gasteiger partial charge >= 0.3 is 11.9 Å². The van der Waals surface area contributed by atoms with Crippen molar-refractivity contribution in [3.8, 4) is 0 Å². The molecule has 0 fully saturated rings. The van der Waals surface area contributed by atoms with Gasteiger partial charge in [0.15, 0.2) is 0 Å². The summed E-state index contributed by atoms with van der Waals surface area (Å²) in [6, 6.07) is 23.8. The predicted octanol–water partition coefficient (Wildman–Crippen LogP) is 3.44. The summed E-state index contributed by atoms with van der Waals surface area (Å²) in [6.45, 7) is 8.90. The maximum Gasteiger partial charge on any atom is 0.328 e. The molecule has 5 N–H and O–H groups in total. The summed E-state index contributed by atoms with van der Waals surface area (Å²) in [5.74, 6) is -2.92. The number of rotatable bonds is 20. The number of carbonyl (C=O) groups is 5. The number of methoxy groups -OCH3 is 1. The molecule has 3 unspecified atom stereocenters. The van der Waals surface area contributed by atoms with Crippen molar-refractivity contribution in [2.24, 2.45) is 5.92 Å². The lowest BCUT2D eigenvalue weighted by atomic mass is 9.98. The Morgan fingerprint density at radius 3 is 1.61 bits per heavy atom. The molecule has 3 aromatic rings. The predicted molar refractivity (Wildman–Crippen MR) is 206 cm³/mol. The maximum atomic E-state index is 14.0. The number of amides is 3. The zero-order chi connectivity index (χ0) is 39.7. The molecule has 3 amide bonds. The summed E-state index contributed by atoms with van der Waals surface area (Å²) in [5.41, 5.74) is 1.77. The third kappa shape index (κ3) is 15.9. The second-order valence-corrected chi connectivity index (χ2v) is 14.8. The number of aliphatic hydroxyl groups excluding tert-OH is 1. The van der Waals surface area contributed by atoms with E-state index < -0.39 is 65.5 Å². The molecule has 0 aliphatic carbocycles. The van der Waals surface area contributed by atoms with E-state index in [9.17, 15) is 29.1 Å². The van der Waals surface area contributed by atoms with E-state index in [4.69, 9.17) is 9.47 Å². The maximum absolute atomic E-state index is 14.0. The van der Waals surface area contributed by atoms with Crippen molar-refractivity contribution in [1.29, 1.82) is 0 Å². The quantitative estimate of drug-likeness (QED) is 0.109. The Kier molecular flexibility index (Phi) is 17.3. The number of benzene rings is 3. The van der Waals surface area contributed by atoms with Crippen LogP contribution in [0.5, 0.6) is 0 Å². The highest BCUT2D eigenvalue weighted by Gasteiger charge is 2.32. The molecule has 12 heteroatoms. The van der Waals surface area contributed by atoms with E-state index in [0.29, 0.717) is 6.42 Å². The standard InChI is InChI=1S/C42H56N4O8/c1-28(2)22-33(39(50)46-35(41(52)53-6)25-31-20-14-9-15-21-31)45-40(51)34(24-30-18-12-8-13-19-30)44-37(48)26-36(47)32(23-29-16-10-7-11-17-29)43-27-38(49)54-42(3,4)5/h7-21,28,32-36,43,47H,22-27H2,1-6H3,(H,44,48)(H,45,51)(H,46,50)/t32?,33-,34?,35-,36?/m0/s1. The molecule has 0 bridgehead atoms. The number of carbonyl (C=O) groups excluding carboxylic acids is 5. The number of ether oxygens (including phenoxy) is 2. The highest BCUT2D eigenvalue weighted by atomic mass is 16.6. The second kappa shape index (κ2) is 21.6. The van der Waals surface area contributed by atoms with Gasteiger partial charge in [-0.05, 0) is 56.2 Å². The summed E-state index contributed by atoms with van der Waals surface area (Å²) in [6.07, 6.45) is -0.760. The molecule has 0 radical (unpaired) electrons. The van der Waals surface area contributed by atoms with Crippen molar-refractivity contribution >= 4 is 29.7 Å². The van der Waals surface area contributed by atoms with Crippen LogP contribution in [0.2, 0.25) is 0 Å². The summed E-state index contributed by atoms with van der Waals surface area (Å²) >= 11 is 0. The number of nitrogens with one attached hydrogen (secondary N) is 4. The molecule has 0 aromatic heterocycles. The molecule has 292 valence electrons. The topological polar surface area (TPSA) is 172 Å². The van der Waals surface area contributed by atoms with Gasteiger partial charge in [0.2, 0.25) is 17.7 Å². The van der Waals surface area contributed by atoms with E-state index in [1.165, 1.54) is 7.11 Å². The average molecular weight is 745 g/mol. The van der Waals surface area contributed by atoms with Crippen LogP contribution < -0.4 is 21.3 Å². The Morgan fingerprint density at radius 2 is 1.13 bits per heavy atom. The highest BCUT2D eigenvalue weighted by Crippen LogP contribution is 2.13. The van der Waals surface area contributed by atoms with E-state index in [-0.39, 0.29) is 38.1 Å². The first-order valence-corrected chi connectivity index (χ1v) is 18.4. The van der Waals surface area contributed by atoms with Gasteiger partial charge in [0.25, 0.3) is 0 Å². The zero-order valence-corrected chi connectivity index (χ0v) is 32.2. The van der Waals surface area contributed by atoms with Crippen LogP contribution in [0.3, 0.4) is 0 Å². The van der Waals surface area contributed by atoms with E-state index >= 15 is 0 Å². The largest absolute Gasteiger partial charge is 0.467 e. The molecular formula is C42H56N4O8. The van der Waals surface area contributed by atoms with Crippen LogP contribution in [-0.4, -0.2) is 84.3 Å². The zero-order valence-electron chi connectivity index (χ0n) is 32.2. The van der Waals surface area contributed by atoms with Crippen LogP contribution in [0, 0.1) is 5.92 Å². The Bertz CT molecular complexity index is 1630. The molecule has 0 saturated carbocycles. The third-order valence-electron chi connectivity index (χ3n) is 8.45. The van der Waals surface area contributed by atoms with Gasteiger partial charge in [-0.3, -0.25) is 19.2 Å². The molecule has 0 spiro atoms. The minimum atomic E-state index is -1.24. The second-order valence-electron chi connectivity index (χ2n) is 14.8. The van der Waals surface area contributed by atoms with Gasteiger partial charge in [-0.15, -0.1) is 0 Å². The van der Waals surface area contributed by atoms with Crippen LogP contribution in [0.15, 0.2) is 91.0 Å². The van der Waals surface area contributed by atoms with Crippen molar-refractivity contribution in [2.75, 3.05) is 13.7 Å². The van der Waals surface area contributed by atoms with Crippen LogP contribution in [0.25, 0.3) is 0 Å². The first kappa shape index (κ1) is 43.3. The fourth-order valence-corrected chi connectivity index (χ4v) is 5.88. The number of esters is 2. The van der Waals surface area contributed by atoms with Crippen molar-refractivity contribution in [2.45, 2.75) is 103 Å². The first-order chi connectivity index (χ1) is 25.6. The Hall–Kier alpha value is -5.07. The third-order valence-corrected chi connectivity index (χ3v) is 8.45. The number of hydrogen-bond acceptors (Lipinski definition) is 9.